The largest absolute Gasteiger partial charge is 0.481 e. The first-order chi connectivity index (χ1) is 19.8. The molecule has 0 saturated heterocycles. The first-order valence-corrected chi connectivity index (χ1v) is 14.6. The Morgan fingerprint density at radius 1 is 0.929 bits per heavy atom. The highest BCUT2D eigenvalue weighted by Gasteiger charge is 2.46. The van der Waals surface area contributed by atoms with Crippen LogP contribution in [0.1, 0.15) is 92.1 Å². The molecular formula is C34H46O8. The van der Waals surface area contributed by atoms with Gasteiger partial charge in [-0.3, -0.25) is 9.59 Å². The van der Waals surface area contributed by atoms with Gasteiger partial charge in [0.2, 0.25) is 0 Å². The fourth-order valence-electron chi connectivity index (χ4n) is 5.18. The summed E-state index contributed by atoms with van der Waals surface area (Å²) in [5, 5.41) is 10.3. The molecule has 0 spiro atoms. The van der Waals surface area contributed by atoms with Crippen molar-refractivity contribution in [3.8, 4) is 0 Å². The Balaban J connectivity index is 2.64. The van der Waals surface area contributed by atoms with Crippen LogP contribution in [0.3, 0.4) is 0 Å². The molecule has 42 heavy (non-hydrogen) atoms. The third-order valence-corrected chi connectivity index (χ3v) is 8.65. The van der Waals surface area contributed by atoms with Gasteiger partial charge in [0.1, 0.15) is 19.3 Å². The fraction of sp³-hybridized carbons (Fsp3) is 0.529. The highest BCUT2D eigenvalue weighted by atomic mass is 16.5. The minimum Gasteiger partial charge on any atom is -0.481 e. The smallest absolute Gasteiger partial charge is 0.334 e. The van der Waals surface area contributed by atoms with Crippen molar-refractivity contribution >= 4 is 23.9 Å². The van der Waals surface area contributed by atoms with Crippen LogP contribution >= 0.6 is 0 Å². The highest BCUT2D eigenvalue weighted by Crippen LogP contribution is 2.46. The van der Waals surface area contributed by atoms with Crippen LogP contribution in [0, 0.1) is 10.8 Å². The van der Waals surface area contributed by atoms with E-state index in [0.717, 1.165) is 37.7 Å². The van der Waals surface area contributed by atoms with Crippen LogP contribution < -0.4 is 0 Å². The molecule has 1 aliphatic carbocycles. The number of carboxylic acid groups (broad SMARTS) is 1. The lowest BCUT2D eigenvalue weighted by Crippen LogP contribution is -2.39. The number of aliphatic carboxylic acids is 1. The van der Waals surface area contributed by atoms with Crippen LogP contribution in [0.4, 0.5) is 0 Å². The molecule has 0 heterocycles. The summed E-state index contributed by atoms with van der Waals surface area (Å²) in [5.74, 6) is -3.03. The van der Waals surface area contributed by atoms with E-state index in [2.05, 4.69) is 6.58 Å². The molecule has 230 valence electrons. The standard InChI is InChI=1S/C34H46O8/c1-8-20-40-29(35)24(4)28(33(6,9-2)31(37)38)21-34(7,32(39)41-22-26-16-12-10-13-17-26)25(5)23(3)30(36)42-27-18-14-11-15-19-27/h8,10,12-13,16-17,27H,1,9,11,14-15,18-22H2,2-7H3,(H,37,38). The Bertz CT molecular complexity index is 1210. The van der Waals surface area contributed by atoms with Crippen molar-refractivity contribution in [3.63, 3.8) is 0 Å². The second-order valence-corrected chi connectivity index (χ2v) is 11.5. The summed E-state index contributed by atoms with van der Waals surface area (Å²) in [7, 11) is 0. The number of ether oxygens (including phenoxy) is 3. The van der Waals surface area contributed by atoms with Gasteiger partial charge in [0.05, 0.1) is 10.8 Å². The van der Waals surface area contributed by atoms with E-state index in [4.69, 9.17) is 14.2 Å². The maximum Gasteiger partial charge on any atom is 0.334 e. The van der Waals surface area contributed by atoms with Crippen molar-refractivity contribution in [3.05, 3.63) is 70.8 Å². The second kappa shape index (κ2) is 15.5. The van der Waals surface area contributed by atoms with Gasteiger partial charge in [0, 0.05) is 11.1 Å². The lowest BCUT2D eigenvalue weighted by atomic mass is 9.67. The first kappa shape index (κ1) is 34.5. The van der Waals surface area contributed by atoms with Crippen molar-refractivity contribution < 1.29 is 38.5 Å². The molecule has 1 aromatic rings. The number of carbonyl (C=O) groups is 4. The molecule has 0 amide bonds. The van der Waals surface area contributed by atoms with E-state index >= 15 is 0 Å². The molecule has 0 radical (unpaired) electrons. The minimum atomic E-state index is -1.51. The highest BCUT2D eigenvalue weighted by molar-refractivity contribution is 5.94. The van der Waals surface area contributed by atoms with E-state index in [0.29, 0.717) is 5.57 Å². The maximum atomic E-state index is 14.0. The van der Waals surface area contributed by atoms with E-state index in [9.17, 15) is 24.3 Å². The molecule has 2 rings (SSSR count). The van der Waals surface area contributed by atoms with Crippen molar-refractivity contribution in [2.45, 2.75) is 99.2 Å². The molecular weight excluding hydrogens is 536 g/mol. The van der Waals surface area contributed by atoms with E-state index in [1.54, 1.807) is 27.7 Å². The van der Waals surface area contributed by atoms with Crippen LogP contribution in [-0.2, 0) is 40.0 Å². The van der Waals surface area contributed by atoms with Crippen LogP contribution in [0.5, 0.6) is 0 Å². The number of esters is 3. The van der Waals surface area contributed by atoms with Gasteiger partial charge in [-0.05, 0) is 89.9 Å². The van der Waals surface area contributed by atoms with Crippen molar-refractivity contribution in [1.82, 2.24) is 0 Å². The third-order valence-electron chi connectivity index (χ3n) is 8.65. The van der Waals surface area contributed by atoms with E-state index in [1.165, 1.54) is 19.9 Å². The number of hydrogen-bond donors (Lipinski definition) is 1. The van der Waals surface area contributed by atoms with Gasteiger partial charge in [-0.25, -0.2) is 9.59 Å². The summed E-state index contributed by atoms with van der Waals surface area (Å²) < 4.78 is 16.8. The molecule has 8 nitrogen and oxygen atoms in total. The lowest BCUT2D eigenvalue weighted by molar-refractivity contribution is -0.155. The first-order valence-electron chi connectivity index (χ1n) is 14.6. The van der Waals surface area contributed by atoms with Crippen molar-refractivity contribution in [2.24, 2.45) is 10.8 Å². The van der Waals surface area contributed by atoms with E-state index < -0.39 is 34.7 Å². The SMILES string of the molecule is C=CCOC(=O)C(C)=C(CC(C)(C(=O)OCc1ccccc1)C(C)=C(C)C(=O)OC1CCCCC1)C(C)(CC)C(=O)O. The Kier molecular flexibility index (Phi) is 12.8. The molecule has 1 saturated carbocycles. The normalized spacial score (nSPS) is 17.9. The Morgan fingerprint density at radius 2 is 1.55 bits per heavy atom. The fourth-order valence-corrected chi connectivity index (χ4v) is 5.18. The van der Waals surface area contributed by atoms with Gasteiger partial charge < -0.3 is 19.3 Å². The summed E-state index contributed by atoms with van der Waals surface area (Å²) in [4.78, 5) is 52.9. The zero-order valence-electron chi connectivity index (χ0n) is 25.9. The maximum absolute atomic E-state index is 14.0. The second-order valence-electron chi connectivity index (χ2n) is 11.5. The summed E-state index contributed by atoms with van der Waals surface area (Å²) in [6.07, 6.45) is 5.86. The summed E-state index contributed by atoms with van der Waals surface area (Å²) in [5.41, 5.74) is -1.30. The average molecular weight is 583 g/mol. The van der Waals surface area contributed by atoms with Crippen molar-refractivity contribution in [1.29, 1.82) is 0 Å². The zero-order valence-corrected chi connectivity index (χ0v) is 25.9. The summed E-state index contributed by atoms with van der Waals surface area (Å²) in [6, 6.07) is 9.16. The van der Waals surface area contributed by atoms with Crippen LogP contribution in [0.2, 0.25) is 0 Å². The molecule has 2 atom stereocenters. The topological polar surface area (TPSA) is 116 Å². The number of carbonyl (C=O) groups excluding carboxylic acids is 3. The predicted octanol–water partition coefficient (Wildman–Crippen LogP) is 6.89. The van der Waals surface area contributed by atoms with E-state index in [1.807, 2.05) is 30.3 Å². The van der Waals surface area contributed by atoms with Gasteiger partial charge in [-0.1, -0.05) is 56.3 Å². The van der Waals surface area contributed by atoms with Crippen LogP contribution in [0.15, 0.2) is 65.3 Å². The van der Waals surface area contributed by atoms with Gasteiger partial charge in [-0.15, -0.1) is 0 Å². The molecule has 1 N–H and O–H groups in total. The number of hydrogen-bond acceptors (Lipinski definition) is 7. The molecule has 0 aromatic heterocycles. The Hall–Kier alpha value is -3.68. The molecule has 8 heteroatoms. The number of benzene rings is 1. The Labute approximate surface area is 249 Å². The average Bonchev–Trinajstić information content (AvgIpc) is 3.00. The molecule has 1 aliphatic rings. The quantitative estimate of drug-likeness (QED) is 0.109. The number of rotatable bonds is 14. The molecule has 0 bridgehead atoms. The van der Waals surface area contributed by atoms with Gasteiger partial charge >= 0.3 is 23.9 Å². The zero-order chi connectivity index (χ0) is 31.5. The molecule has 0 aliphatic heterocycles. The molecule has 2 unspecified atom stereocenters. The Morgan fingerprint density at radius 3 is 2.10 bits per heavy atom. The van der Waals surface area contributed by atoms with E-state index in [-0.39, 0.29) is 48.9 Å². The molecule has 1 aromatic carbocycles. The monoisotopic (exact) mass is 582 g/mol. The van der Waals surface area contributed by atoms with Gasteiger partial charge in [0.15, 0.2) is 0 Å². The number of carboxylic acids is 1. The predicted molar refractivity (Wildman–Crippen MR) is 160 cm³/mol. The lowest BCUT2D eigenvalue weighted by Gasteiger charge is -2.36. The van der Waals surface area contributed by atoms with Gasteiger partial charge in [0.25, 0.3) is 0 Å². The third kappa shape index (κ3) is 8.43. The molecule has 1 fully saturated rings. The minimum absolute atomic E-state index is 0.0164. The summed E-state index contributed by atoms with van der Waals surface area (Å²) in [6.45, 7) is 13.1. The van der Waals surface area contributed by atoms with Crippen molar-refractivity contribution in [2.75, 3.05) is 6.61 Å². The summed E-state index contributed by atoms with van der Waals surface area (Å²) >= 11 is 0. The van der Waals surface area contributed by atoms with Crippen LogP contribution in [-0.4, -0.2) is 41.7 Å². The van der Waals surface area contributed by atoms with Crippen LogP contribution in [0.25, 0.3) is 0 Å². The van der Waals surface area contributed by atoms with Gasteiger partial charge in [-0.2, -0.15) is 0 Å².